The van der Waals surface area contributed by atoms with Crippen molar-refractivity contribution >= 4 is 149 Å². The zero-order valence-electron chi connectivity index (χ0n) is 77.8. The van der Waals surface area contributed by atoms with E-state index in [1.165, 1.54) is 99.1 Å². The van der Waals surface area contributed by atoms with Gasteiger partial charge < -0.3 is 28.0 Å². The summed E-state index contributed by atoms with van der Waals surface area (Å²) in [5.74, 6) is 0. The van der Waals surface area contributed by atoms with Crippen LogP contribution in [-0.4, -0.2) is 0 Å². The van der Waals surface area contributed by atoms with Crippen molar-refractivity contribution in [3.63, 3.8) is 0 Å². The van der Waals surface area contributed by atoms with Gasteiger partial charge in [0, 0.05) is 106 Å². The standard InChI is InChI=1S/C49H35NO.C46H31NO.C40H27NO/c1-49(2)45-18-10-8-16-40(45)41-27-26-38(31-46(41)49)50(37-24-22-33(23-25-37)36-21-20-32-12-6-7-15-35(32)28-36)39-29-43(34-13-4-3-5-14-34)48-44(30-39)42-17-9-11-19-47(42)51-48;1-3-11-32(12-4-1)35-21-25-39(26-22-35)47(40-27-23-36(24-28-40)33-13-5-2-6-14-33)41-30-43(38-20-19-34-15-7-8-16-37(34)29-38)46-44(31-41)42-17-9-10-18-45(42)48-46;1-3-11-28(12-4-1)30-21-23-34(24-22-30)41(33-15-5-2-6-16-33)35-26-37(32-20-19-29-13-7-8-14-31(29)25-32)40-38(27-35)36-17-9-10-18-39(36)42-40/h3-31H,1-2H3;1-31H;1-27H. The second-order valence-electron chi connectivity index (χ2n) is 37.0. The van der Waals surface area contributed by atoms with Crippen LogP contribution in [0.5, 0.6) is 0 Å². The van der Waals surface area contributed by atoms with Gasteiger partial charge in [0.1, 0.15) is 33.5 Å². The molecular weight excluding hydrogens is 1710 g/mol. The first kappa shape index (κ1) is 84.4. The molecule has 0 fully saturated rings. The summed E-state index contributed by atoms with van der Waals surface area (Å²) < 4.78 is 19.7. The Kier molecular flexibility index (Phi) is 21.6. The van der Waals surface area contributed by atoms with Crippen LogP contribution in [-0.2, 0) is 5.41 Å². The van der Waals surface area contributed by atoms with Crippen molar-refractivity contribution in [3.8, 4) is 89.0 Å². The van der Waals surface area contributed by atoms with Gasteiger partial charge >= 0.3 is 0 Å². The van der Waals surface area contributed by atoms with E-state index < -0.39 is 0 Å². The van der Waals surface area contributed by atoms with Crippen LogP contribution in [0.25, 0.3) is 187 Å². The summed E-state index contributed by atoms with van der Waals surface area (Å²) in [4.78, 5) is 7.10. The van der Waals surface area contributed by atoms with Crippen LogP contribution < -0.4 is 14.7 Å². The molecule has 0 aliphatic heterocycles. The molecule has 23 aromatic carbocycles. The maximum absolute atomic E-state index is 6.61. The number of furan rings is 3. The predicted octanol–water partition coefficient (Wildman–Crippen LogP) is 38.6. The molecule has 0 saturated heterocycles. The van der Waals surface area contributed by atoms with Gasteiger partial charge in [-0.3, -0.25) is 0 Å². The number of fused-ring (bicyclic) bond motifs is 15. The summed E-state index contributed by atoms with van der Waals surface area (Å²) in [5.41, 5.74) is 36.6. The van der Waals surface area contributed by atoms with Gasteiger partial charge in [-0.25, -0.2) is 0 Å². The fraction of sp³-hybridized carbons (Fsp3) is 0.0222. The molecule has 0 saturated carbocycles. The Morgan fingerprint density at radius 3 is 0.801 bits per heavy atom. The minimum absolute atomic E-state index is 0.118. The molecule has 3 aromatic heterocycles. The Labute approximate surface area is 818 Å². The first-order valence-corrected chi connectivity index (χ1v) is 48.3. The number of hydrogen-bond donors (Lipinski definition) is 0. The number of anilines is 9. The van der Waals surface area contributed by atoms with Crippen molar-refractivity contribution in [2.75, 3.05) is 14.7 Å². The lowest BCUT2D eigenvalue weighted by molar-refractivity contribution is 0.660. The van der Waals surface area contributed by atoms with Crippen LogP contribution in [0.15, 0.2) is 541 Å². The van der Waals surface area contributed by atoms with E-state index in [4.69, 9.17) is 13.3 Å². The lowest BCUT2D eigenvalue weighted by Gasteiger charge is -2.29. The molecule has 141 heavy (non-hydrogen) atoms. The van der Waals surface area contributed by atoms with Gasteiger partial charge in [-0.2, -0.15) is 0 Å². The Balaban J connectivity index is 0.000000112. The molecule has 0 unspecified atom stereocenters. The number of para-hydroxylation sites is 4. The molecule has 26 aromatic rings. The molecule has 0 atom stereocenters. The summed E-state index contributed by atoms with van der Waals surface area (Å²) >= 11 is 0. The van der Waals surface area contributed by atoms with Crippen molar-refractivity contribution in [1.82, 2.24) is 0 Å². The SMILES string of the molecule is CC1(C)c2ccccc2-c2ccc(N(c3ccc(-c4ccc5ccccc5c4)cc3)c3cc(-c4ccccc4)c4oc5ccccc5c4c3)cc21.c1ccc(-c2ccc(N(c3ccc(-c4ccccc4)cc3)c3cc(-c4ccc5ccccc5c4)c4oc5ccccc5c4c3)cc2)cc1.c1ccc(-c2ccc(N(c3ccccc3)c3cc(-c4ccc5ccccc5c4)c4oc5ccccc5c4c3)cc2)cc1. The van der Waals surface area contributed by atoms with Gasteiger partial charge in [0.15, 0.2) is 0 Å². The van der Waals surface area contributed by atoms with E-state index in [-0.39, 0.29) is 5.41 Å². The van der Waals surface area contributed by atoms with E-state index in [0.29, 0.717) is 0 Å². The van der Waals surface area contributed by atoms with E-state index >= 15 is 0 Å². The largest absolute Gasteiger partial charge is 0.455 e. The van der Waals surface area contributed by atoms with Crippen molar-refractivity contribution in [3.05, 3.63) is 539 Å². The van der Waals surface area contributed by atoms with Crippen LogP contribution in [0, 0.1) is 0 Å². The summed E-state index contributed by atoms with van der Waals surface area (Å²) in [7, 11) is 0. The highest BCUT2D eigenvalue weighted by molar-refractivity contribution is 6.15. The van der Waals surface area contributed by atoms with Crippen LogP contribution in [0.2, 0.25) is 0 Å². The number of rotatable bonds is 16. The molecule has 0 bridgehead atoms. The molecule has 27 rings (SSSR count). The topological polar surface area (TPSA) is 49.1 Å². The summed E-state index contributed by atoms with van der Waals surface area (Å²) in [6.07, 6.45) is 0. The van der Waals surface area contributed by atoms with Crippen molar-refractivity contribution in [2.24, 2.45) is 0 Å². The lowest BCUT2D eigenvalue weighted by atomic mass is 9.82. The molecule has 1 aliphatic carbocycles. The van der Waals surface area contributed by atoms with Crippen molar-refractivity contribution < 1.29 is 13.3 Å². The summed E-state index contributed by atoms with van der Waals surface area (Å²) in [6.45, 7) is 4.70. The number of benzene rings is 23. The van der Waals surface area contributed by atoms with E-state index in [0.717, 1.165) is 150 Å². The fourth-order valence-electron chi connectivity index (χ4n) is 21.0. The average Bonchev–Trinajstić information content (AvgIpc) is 1.58. The van der Waals surface area contributed by atoms with E-state index in [9.17, 15) is 0 Å². The van der Waals surface area contributed by atoms with Crippen molar-refractivity contribution in [1.29, 1.82) is 0 Å². The van der Waals surface area contributed by atoms with Crippen LogP contribution in [0.1, 0.15) is 25.0 Å². The maximum Gasteiger partial charge on any atom is 0.143 e. The highest BCUT2D eigenvalue weighted by Gasteiger charge is 2.36. The Morgan fingerprint density at radius 1 is 0.149 bits per heavy atom. The van der Waals surface area contributed by atoms with Crippen LogP contribution >= 0.6 is 0 Å². The van der Waals surface area contributed by atoms with Gasteiger partial charge in [-0.05, 0) is 261 Å². The second-order valence-corrected chi connectivity index (χ2v) is 37.0. The first-order valence-electron chi connectivity index (χ1n) is 48.3. The second kappa shape index (κ2) is 36.0. The Morgan fingerprint density at radius 2 is 0.411 bits per heavy atom. The van der Waals surface area contributed by atoms with Gasteiger partial charge in [-0.15, -0.1) is 0 Å². The van der Waals surface area contributed by atoms with E-state index in [1.54, 1.807) is 0 Å². The highest BCUT2D eigenvalue weighted by Crippen LogP contribution is 2.54. The molecular formula is C135H93N3O3. The van der Waals surface area contributed by atoms with E-state index in [1.807, 2.05) is 18.2 Å². The summed E-state index contributed by atoms with van der Waals surface area (Å²) in [6, 6.07) is 189. The van der Waals surface area contributed by atoms with Gasteiger partial charge in [0.25, 0.3) is 0 Å². The molecule has 0 amide bonds. The van der Waals surface area contributed by atoms with Crippen LogP contribution in [0.3, 0.4) is 0 Å². The minimum atomic E-state index is -0.118. The molecule has 0 radical (unpaired) electrons. The quantitative estimate of drug-likeness (QED) is 0.0961. The Hall–Kier alpha value is -18.4. The Bertz CT molecular complexity index is 9090. The van der Waals surface area contributed by atoms with Gasteiger partial charge in [0.2, 0.25) is 0 Å². The zero-order chi connectivity index (χ0) is 93.9. The average molecular weight is 1810 g/mol. The van der Waals surface area contributed by atoms with E-state index in [2.05, 4.69) is 538 Å². The lowest BCUT2D eigenvalue weighted by Crippen LogP contribution is -2.16. The molecule has 6 heteroatoms. The zero-order valence-corrected chi connectivity index (χ0v) is 77.8. The molecule has 3 heterocycles. The maximum atomic E-state index is 6.61. The molecule has 0 N–H and O–H groups in total. The van der Waals surface area contributed by atoms with Gasteiger partial charge in [0.05, 0.1) is 0 Å². The van der Waals surface area contributed by atoms with Crippen molar-refractivity contribution in [2.45, 2.75) is 19.3 Å². The van der Waals surface area contributed by atoms with Crippen LogP contribution in [0.4, 0.5) is 51.2 Å². The third-order valence-corrected chi connectivity index (χ3v) is 28.1. The highest BCUT2D eigenvalue weighted by atomic mass is 16.3. The molecule has 6 nitrogen and oxygen atoms in total. The molecule has 666 valence electrons. The number of nitrogens with zero attached hydrogens (tertiary/aromatic N) is 3. The third-order valence-electron chi connectivity index (χ3n) is 28.1. The molecule has 0 spiro atoms. The van der Waals surface area contributed by atoms with Gasteiger partial charge in [-0.1, -0.05) is 396 Å². The minimum Gasteiger partial charge on any atom is -0.455 e. The fourth-order valence-corrected chi connectivity index (χ4v) is 21.0. The smallest absolute Gasteiger partial charge is 0.143 e. The number of hydrogen-bond acceptors (Lipinski definition) is 6. The predicted molar refractivity (Wildman–Crippen MR) is 593 cm³/mol. The summed E-state index contributed by atoms with van der Waals surface area (Å²) in [5, 5.41) is 14.0. The normalized spacial score (nSPS) is 12.0. The molecule has 1 aliphatic rings. The first-order chi connectivity index (χ1) is 69.6. The third kappa shape index (κ3) is 15.9. The monoisotopic (exact) mass is 1800 g/mol.